The second-order valence-electron chi connectivity index (χ2n) is 10.7. The number of piperazine rings is 1. The number of aromatic nitrogens is 1. The monoisotopic (exact) mass is 463 g/mol. The summed E-state index contributed by atoms with van der Waals surface area (Å²) in [6.07, 6.45) is 16.3. The van der Waals surface area contributed by atoms with Gasteiger partial charge in [0, 0.05) is 68.9 Å². The van der Waals surface area contributed by atoms with E-state index in [-0.39, 0.29) is 0 Å². The molecule has 186 valence electrons. The molecular weight excluding hydrogens is 418 g/mol. The van der Waals surface area contributed by atoms with E-state index in [9.17, 15) is 0 Å². The van der Waals surface area contributed by atoms with E-state index in [2.05, 4.69) is 77.2 Å². The molecule has 5 heteroatoms. The van der Waals surface area contributed by atoms with Crippen LogP contribution in [0.15, 0.2) is 53.4 Å². The van der Waals surface area contributed by atoms with E-state index in [1.54, 1.807) is 5.57 Å². The fraction of sp³-hybridized carbons (Fsp3) is 0.621. The van der Waals surface area contributed by atoms with Gasteiger partial charge in [-0.05, 0) is 89.2 Å². The van der Waals surface area contributed by atoms with Crippen molar-refractivity contribution in [3.63, 3.8) is 0 Å². The maximum Gasteiger partial charge on any atom is 0.0435 e. The summed E-state index contributed by atoms with van der Waals surface area (Å²) in [5.41, 5.74) is 7.40. The molecule has 0 radical (unpaired) electrons. The number of pyridine rings is 1. The maximum atomic E-state index is 4.32. The Labute approximate surface area is 207 Å². The summed E-state index contributed by atoms with van der Waals surface area (Å²) < 4.78 is 0. The number of rotatable bonds is 4. The topological polar surface area (TPSA) is 34.6 Å². The lowest BCUT2D eigenvalue weighted by Crippen LogP contribution is -2.49. The third kappa shape index (κ3) is 6.59. The van der Waals surface area contributed by atoms with Crippen LogP contribution in [0.4, 0.5) is 0 Å². The summed E-state index contributed by atoms with van der Waals surface area (Å²) in [6, 6.07) is 5.45. The lowest BCUT2D eigenvalue weighted by atomic mass is 9.92. The lowest BCUT2D eigenvalue weighted by molar-refractivity contribution is 0.130. The SMILES string of the molecule is CC(C)N1CCN(C2=CCC=CC3=C2CC(CN(C)C)NC3)CC1.c1cnc2c(c1)CCCC2. The van der Waals surface area contributed by atoms with Crippen molar-refractivity contribution in [2.75, 3.05) is 53.4 Å². The fourth-order valence-corrected chi connectivity index (χ4v) is 5.65. The molecule has 2 aliphatic heterocycles. The van der Waals surface area contributed by atoms with Gasteiger partial charge >= 0.3 is 0 Å². The van der Waals surface area contributed by atoms with Gasteiger partial charge in [-0.15, -0.1) is 0 Å². The molecule has 1 saturated heterocycles. The van der Waals surface area contributed by atoms with Gasteiger partial charge in [-0.2, -0.15) is 0 Å². The van der Waals surface area contributed by atoms with Gasteiger partial charge in [0.1, 0.15) is 0 Å². The molecule has 1 N–H and O–H groups in total. The highest BCUT2D eigenvalue weighted by Gasteiger charge is 2.27. The largest absolute Gasteiger partial charge is 0.369 e. The molecule has 1 fully saturated rings. The van der Waals surface area contributed by atoms with E-state index in [0.717, 1.165) is 39.0 Å². The van der Waals surface area contributed by atoms with Gasteiger partial charge in [0.25, 0.3) is 0 Å². The van der Waals surface area contributed by atoms with E-state index in [1.165, 1.54) is 61.3 Å². The summed E-state index contributed by atoms with van der Waals surface area (Å²) in [5, 5.41) is 3.72. The standard InChI is InChI=1S/C20H34N4.C9H11N/c1-16(2)23-9-11-24(12-10-23)20-8-6-5-7-17-14-21-18(13-19(17)20)15-22(3)4;1-2-6-9-8(4-1)5-3-7-10-9/h5,7-8,16,18,21H,6,9-15H2,1-4H3;3,5,7H,1-2,4,6H2. The first kappa shape index (κ1) is 25.2. The second kappa shape index (κ2) is 12.1. The Morgan fingerprint density at radius 1 is 1.12 bits per heavy atom. The molecule has 3 heterocycles. The molecule has 0 bridgehead atoms. The predicted molar refractivity (Wildman–Crippen MR) is 143 cm³/mol. The number of aryl methyl sites for hydroxylation is 2. The van der Waals surface area contributed by atoms with E-state index in [1.807, 2.05) is 12.3 Å². The smallest absolute Gasteiger partial charge is 0.0435 e. The highest BCUT2D eigenvalue weighted by atomic mass is 15.3. The number of likely N-dealkylation sites (N-methyl/N-ethyl adjacent to an activating group) is 1. The van der Waals surface area contributed by atoms with Crippen molar-refractivity contribution in [2.45, 2.75) is 64.5 Å². The first-order valence-electron chi connectivity index (χ1n) is 13.4. The van der Waals surface area contributed by atoms with Gasteiger partial charge in [0.2, 0.25) is 0 Å². The predicted octanol–water partition coefficient (Wildman–Crippen LogP) is 4.04. The van der Waals surface area contributed by atoms with Crippen LogP contribution in [-0.2, 0) is 12.8 Å². The molecule has 0 saturated carbocycles. The number of nitrogens with one attached hydrogen (secondary N) is 1. The van der Waals surface area contributed by atoms with Crippen molar-refractivity contribution in [3.8, 4) is 0 Å². The Hall–Kier alpha value is -1.95. The van der Waals surface area contributed by atoms with Crippen molar-refractivity contribution in [1.82, 2.24) is 25.0 Å². The summed E-state index contributed by atoms with van der Waals surface area (Å²) in [4.78, 5) is 11.8. The van der Waals surface area contributed by atoms with Crippen LogP contribution in [0, 0.1) is 0 Å². The first-order chi connectivity index (χ1) is 16.5. The van der Waals surface area contributed by atoms with Crippen LogP contribution in [0.1, 0.15) is 50.8 Å². The zero-order valence-electron chi connectivity index (χ0n) is 21.9. The molecule has 2 aliphatic carbocycles. The minimum absolute atomic E-state index is 0.561. The average molecular weight is 464 g/mol. The Morgan fingerprint density at radius 3 is 2.65 bits per heavy atom. The van der Waals surface area contributed by atoms with Crippen LogP contribution in [0.5, 0.6) is 0 Å². The van der Waals surface area contributed by atoms with Crippen molar-refractivity contribution < 1.29 is 0 Å². The molecular formula is C29H45N5. The molecule has 0 amide bonds. The van der Waals surface area contributed by atoms with Crippen LogP contribution in [0.3, 0.4) is 0 Å². The van der Waals surface area contributed by atoms with E-state index >= 15 is 0 Å². The average Bonchev–Trinajstić information content (AvgIpc) is 3.06. The molecule has 1 atom stereocenters. The summed E-state index contributed by atoms with van der Waals surface area (Å²) >= 11 is 0. The summed E-state index contributed by atoms with van der Waals surface area (Å²) in [6.45, 7) is 11.4. The zero-order chi connectivity index (χ0) is 23.9. The van der Waals surface area contributed by atoms with Crippen LogP contribution in [0.2, 0.25) is 0 Å². The maximum absolute atomic E-state index is 4.32. The minimum atomic E-state index is 0.561. The quantitative estimate of drug-likeness (QED) is 0.729. The first-order valence-corrected chi connectivity index (χ1v) is 13.4. The third-order valence-electron chi connectivity index (χ3n) is 7.56. The van der Waals surface area contributed by atoms with Crippen molar-refractivity contribution in [1.29, 1.82) is 0 Å². The normalized spacial score (nSPS) is 23.2. The van der Waals surface area contributed by atoms with Crippen molar-refractivity contribution in [3.05, 3.63) is 64.7 Å². The summed E-state index contributed by atoms with van der Waals surface area (Å²) in [7, 11) is 4.33. The molecule has 34 heavy (non-hydrogen) atoms. The molecule has 0 aromatic carbocycles. The van der Waals surface area contributed by atoms with E-state index in [4.69, 9.17) is 0 Å². The number of allylic oxidation sites excluding steroid dienone is 3. The van der Waals surface area contributed by atoms with E-state index in [0.29, 0.717) is 12.1 Å². The minimum Gasteiger partial charge on any atom is -0.369 e. The number of fused-ring (bicyclic) bond motifs is 1. The fourth-order valence-electron chi connectivity index (χ4n) is 5.65. The number of hydrogen-bond acceptors (Lipinski definition) is 5. The van der Waals surface area contributed by atoms with Crippen LogP contribution in [0.25, 0.3) is 0 Å². The Morgan fingerprint density at radius 2 is 1.91 bits per heavy atom. The molecule has 4 aliphatic rings. The summed E-state index contributed by atoms with van der Waals surface area (Å²) in [5.74, 6) is 0. The van der Waals surface area contributed by atoms with Gasteiger partial charge in [-0.3, -0.25) is 9.88 Å². The zero-order valence-corrected chi connectivity index (χ0v) is 21.9. The molecule has 1 unspecified atom stereocenters. The van der Waals surface area contributed by atoms with Crippen LogP contribution < -0.4 is 5.32 Å². The Kier molecular flexibility index (Phi) is 8.98. The highest BCUT2D eigenvalue weighted by molar-refractivity contribution is 5.45. The van der Waals surface area contributed by atoms with E-state index < -0.39 is 0 Å². The molecule has 5 nitrogen and oxygen atoms in total. The third-order valence-corrected chi connectivity index (χ3v) is 7.56. The number of hydrogen-bond donors (Lipinski definition) is 1. The van der Waals surface area contributed by atoms with Crippen LogP contribution in [-0.4, -0.2) is 85.1 Å². The van der Waals surface area contributed by atoms with Crippen LogP contribution >= 0.6 is 0 Å². The van der Waals surface area contributed by atoms with Crippen molar-refractivity contribution >= 4 is 0 Å². The molecule has 0 spiro atoms. The van der Waals surface area contributed by atoms with Gasteiger partial charge in [-0.1, -0.05) is 24.3 Å². The molecule has 1 aromatic rings. The van der Waals surface area contributed by atoms with Gasteiger partial charge in [-0.25, -0.2) is 0 Å². The Balaban J connectivity index is 0.000000226. The molecule has 1 aromatic heterocycles. The van der Waals surface area contributed by atoms with Crippen molar-refractivity contribution in [2.24, 2.45) is 0 Å². The molecule has 5 rings (SSSR count). The van der Waals surface area contributed by atoms with Gasteiger partial charge in [0.15, 0.2) is 0 Å². The second-order valence-corrected chi connectivity index (χ2v) is 10.7. The van der Waals surface area contributed by atoms with Gasteiger partial charge in [0.05, 0.1) is 0 Å². The van der Waals surface area contributed by atoms with Gasteiger partial charge < -0.3 is 15.1 Å². The lowest BCUT2D eigenvalue weighted by Gasteiger charge is -2.41. The number of nitrogens with zero attached hydrogens (tertiary/aromatic N) is 4. The highest BCUT2D eigenvalue weighted by Crippen LogP contribution is 2.31. The Bertz CT molecular complexity index is 865.